The Morgan fingerprint density at radius 2 is 2.26 bits per heavy atom. The first kappa shape index (κ1) is 13.5. The van der Waals surface area contributed by atoms with Crippen molar-refractivity contribution in [1.29, 1.82) is 0 Å². The van der Waals surface area contributed by atoms with Crippen LogP contribution in [0.5, 0.6) is 0 Å². The van der Waals surface area contributed by atoms with Crippen LogP contribution >= 0.6 is 11.3 Å². The third-order valence-electron chi connectivity index (χ3n) is 2.60. The van der Waals surface area contributed by atoms with Gasteiger partial charge in [0.1, 0.15) is 5.82 Å². The summed E-state index contributed by atoms with van der Waals surface area (Å²) in [7, 11) is 0. The molecule has 5 nitrogen and oxygen atoms in total. The predicted molar refractivity (Wildman–Crippen MR) is 74.8 cm³/mol. The second-order valence-electron chi connectivity index (χ2n) is 4.09. The maximum absolute atomic E-state index is 11.0. The number of thiazole rings is 1. The number of nitrogens with zero attached hydrogens (tertiary/aromatic N) is 2. The van der Waals surface area contributed by atoms with Gasteiger partial charge in [0.05, 0.1) is 17.1 Å². The van der Waals surface area contributed by atoms with E-state index in [9.17, 15) is 4.79 Å². The lowest BCUT2D eigenvalue weighted by molar-refractivity contribution is 0.0696. The van der Waals surface area contributed by atoms with Crippen molar-refractivity contribution in [1.82, 2.24) is 9.97 Å². The van der Waals surface area contributed by atoms with E-state index >= 15 is 0 Å². The van der Waals surface area contributed by atoms with Crippen molar-refractivity contribution < 1.29 is 9.90 Å². The highest BCUT2D eigenvalue weighted by molar-refractivity contribution is 7.11. The van der Waals surface area contributed by atoms with Crippen molar-refractivity contribution >= 4 is 23.1 Å². The number of aromatic carboxylic acids is 1. The fourth-order valence-corrected chi connectivity index (χ4v) is 2.38. The van der Waals surface area contributed by atoms with E-state index in [1.165, 1.54) is 0 Å². The fourth-order valence-electron chi connectivity index (χ4n) is 1.65. The van der Waals surface area contributed by atoms with E-state index in [0.717, 1.165) is 15.6 Å². The van der Waals surface area contributed by atoms with E-state index in [1.54, 1.807) is 23.5 Å². The molecule has 0 spiro atoms. The van der Waals surface area contributed by atoms with Gasteiger partial charge in [-0.1, -0.05) is 6.92 Å². The Bertz CT molecular complexity index is 595. The zero-order valence-corrected chi connectivity index (χ0v) is 11.6. The molecule has 0 bridgehead atoms. The minimum Gasteiger partial charge on any atom is -0.478 e. The van der Waals surface area contributed by atoms with Crippen LogP contribution in [0.25, 0.3) is 0 Å². The number of aryl methyl sites for hydroxylation is 2. The second-order valence-corrected chi connectivity index (χ2v) is 5.41. The van der Waals surface area contributed by atoms with E-state index in [4.69, 9.17) is 5.11 Å². The highest BCUT2D eigenvalue weighted by Gasteiger charge is 2.08. The molecule has 0 fully saturated rings. The summed E-state index contributed by atoms with van der Waals surface area (Å²) in [5.74, 6) is -0.350. The summed E-state index contributed by atoms with van der Waals surface area (Å²) in [6, 6.07) is 3.15. The van der Waals surface area contributed by atoms with Gasteiger partial charge in [-0.3, -0.25) is 0 Å². The van der Waals surface area contributed by atoms with Crippen molar-refractivity contribution in [2.45, 2.75) is 26.8 Å². The molecule has 0 unspecified atom stereocenters. The van der Waals surface area contributed by atoms with E-state index in [2.05, 4.69) is 15.3 Å². The smallest absolute Gasteiger partial charge is 0.335 e. The highest BCUT2D eigenvalue weighted by atomic mass is 32.1. The Morgan fingerprint density at radius 1 is 1.47 bits per heavy atom. The first-order chi connectivity index (χ1) is 9.08. The van der Waals surface area contributed by atoms with Crippen molar-refractivity contribution in [3.63, 3.8) is 0 Å². The number of aromatic nitrogens is 2. The molecule has 0 amide bonds. The molecule has 0 radical (unpaired) electrons. The molecule has 0 aliphatic rings. The zero-order chi connectivity index (χ0) is 13.8. The molecule has 0 aliphatic heterocycles. The van der Waals surface area contributed by atoms with E-state index in [1.807, 2.05) is 20.0 Å². The molecule has 2 N–H and O–H groups in total. The summed E-state index contributed by atoms with van der Waals surface area (Å²) in [6.45, 7) is 4.50. The maximum atomic E-state index is 11.0. The van der Waals surface area contributed by atoms with Crippen molar-refractivity contribution in [2.75, 3.05) is 5.32 Å². The summed E-state index contributed by atoms with van der Waals surface area (Å²) in [5, 5.41) is 13.2. The van der Waals surface area contributed by atoms with E-state index in [-0.39, 0.29) is 5.56 Å². The molecule has 2 heterocycles. The number of nitrogens with one attached hydrogen (secondary N) is 1. The third kappa shape index (κ3) is 3.51. The van der Waals surface area contributed by atoms with Crippen molar-refractivity contribution in [3.05, 3.63) is 39.5 Å². The van der Waals surface area contributed by atoms with Gasteiger partial charge in [0.15, 0.2) is 0 Å². The minimum absolute atomic E-state index is 0.259. The Hall–Kier alpha value is -1.95. The molecule has 2 rings (SSSR count). The van der Waals surface area contributed by atoms with Gasteiger partial charge in [0.2, 0.25) is 0 Å². The Balaban J connectivity index is 2.15. The molecule has 0 aromatic carbocycles. The number of hydrogen-bond donors (Lipinski definition) is 2. The monoisotopic (exact) mass is 277 g/mol. The Labute approximate surface area is 115 Å². The van der Waals surface area contributed by atoms with Gasteiger partial charge in [-0.2, -0.15) is 0 Å². The van der Waals surface area contributed by atoms with Gasteiger partial charge >= 0.3 is 5.97 Å². The van der Waals surface area contributed by atoms with Gasteiger partial charge < -0.3 is 10.4 Å². The molecule has 0 atom stereocenters. The third-order valence-corrected chi connectivity index (χ3v) is 3.51. The number of pyridine rings is 1. The molecule has 6 heteroatoms. The molecule has 2 aromatic rings. The summed E-state index contributed by atoms with van der Waals surface area (Å²) in [5.41, 5.74) is 1.03. The lowest BCUT2D eigenvalue weighted by atomic mass is 10.2. The lowest BCUT2D eigenvalue weighted by Crippen LogP contribution is -2.05. The zero-order valence-electron chi connectivity index (χ0n) is 10.8. The quantitative estimate of drug-likeness (QED) is 0.879. The highest BCUT2D eigenvalue weighted by Crippen LogP contribution is 2.15. The number of carboxylic acids is 1. The van der Waals surface area contributed by atoms with Gasteiger partial charge in [0.25, 0.3) is 0 Å². The average molecular weight is 277 g/mol. The number of carboxylic acid groups (broad SMARTS) is 1. The minimum atomic E-state index is -0.936. The SMILES string of the molecule is CCc1cc(C(=O)O)cc(NCc2cnc(C)s2)n1. The van der Waals surface area contributed by atoms with Crippen LogP contribution in [0.2, 0.25) is 0 Å². The molecule has 2 aromatic heterocycles. The Morgan fingerprint density at radius 3 is 2.84 bits per heavy atom. The van der Waals surface area contributed by atoms with Crippen LogP contribution in [0.15, 0.2) is 18.3 Å². The fraction of sp³-hybridized carbons (Fsp3) is 0.308. The van der Waals surface area contributed by atoms with Crippen LogP contribution in [0.4, 0.5) is 5.82 Å². The van der Waals surface area contributed by atoms with Crippen LogP contribution in [0, 0.1) is 6.92 Å². The first-order valence-electron chi connectivity index (χ1n) is 5.98. The topological polar surface area (TPSA) is 75.1 Å². The standard InChI is InChI=1S/C13H15N3O2S/c1-3-10-4-9(13(17)18)5-12(16-10)15-7-11-6-14-8(2)19-11/h4-6H,3,7H2,1-2H3,(H,15,16)(H,17,18). The van der Waals surface area contributed by atoms with Crippen LogP contribution in [-0.2, 0) is 13.0 Å². The number of carbonyl (C=O) groups is 1. The summed E-state index contributed by atoms with van der Waals surface area (Å²) in [6.07, 6.45) is 2.52. The average Bonchev–Trinajstić information content (AvgIpc) is 2.81. The lowest BCUT2D eigenvalue weighted by Gasteiger charge is -2.07. The van der Waals surface area contributed by atoms with Crippen LogP contribution < -0.4 is 5.32 Å². The van der Waals surface area contributed by atoms with Crippen molar-refractivity contribution in [3.8, 4) is 0 Å². The molecule has 100 valence electrons. The number of hydrogen-bond acceptors (Lipinski definition) is 5. The molecule has 0 saturated carbocycles. The predicted octanol–water partition coefficient (Wildman–Crippen LogP) is 2.72. The van der Waals surface area contributed by atoms with Gasteiger partial charge in [-0.05, 0) is 25.5 Å². The second kappa shape index (κ2) is 5.79. The van der Waals surface area contributed by atoms with Gasteiger partial charge in [0, 0.05) is 16.8 Å². The summed E-state index contributed by atoms with van der Waals surface area (Å²) < 4.78 is 0. The van der Waals surface area contributed by atoms with Crippen LogP contribution in [0.3, 0.4) is 0 Å². The molecule has 0 saturated heterocycles. The summed E-state index contributed by atoms with van der Waals surface area (Å²) >= 11 is 1.61. The maximum Gasteiger partial charge on any atom is 0.335 e. The largest absolute Gasteiger partial charge is 0.478 e. The van der Waals surface area contributed by atoms with Crippen molar-refractivity contribution in [2.24, 2.45) is 0 Å². The number of anilines is 1. The van der Waals surface area contributed by atoms with Crippen LogP contribution in [0.1, 0.15) is 32.9 Å². The van der Waals surface area contributed by atoms with E-state index < -0.39 is 5.97 Å². The van der Waals surface area contributed by atoms with Gasteiger partial charge in [-0.25, -0.2) is 14.8 Å². The van der Waals surface area contributed by atoms with E-state index in [0.29, 0.717) is 18.8 Å². The summed E-state index contributed by atoms with van der Waals surface area (Å²) in [4.78, 5) is 20.7. The molecular weight excluding hydrogens is 262 g/mol. The molecular formula is C13H15N3O2S. The first-order valence-corrected chi connectivity index (χ1v) is 6.79. The van der Waals surface area contributed by atoms with Gasteiger partial charge in [-0.15, -0.1) is 11.3 Å². The molecule has 19 heavy (non-hydrogen) atoms. The Kier molecular flexibility index (Phi) is 4.11. The van der Waals surface area contributed by atoms with Crippen LogP contribution in [-0.4, -0.2) is 21.0 Å². The normalized spacial score (nSPS) is 10.4. The molecule has 0 aliphatic carbocycles. The number of rotatable bonds is 5.